The summed E-state index contributed by atoms with van der Waals surface area (Å²) in [7, 11) is 1.77. The molecule has 2 aromatic rings. The molecule has 0 aliphatic carbocycles. The number of unbranched alkanes of at least 4 members (excludes halogenated alkanes) is 2. The van der Waals surface area contributed by atoms with Gasteiger partial charge in [-0.15, -0.1) is 0 Å². The highest BCUT2D eigenvalue weighted by Gasteiger charge is 2.08. The van der Waals surface area contributed by atoms with Crippen molar-refractivity contribution in [1.29, 1.82) is 0 Å². The zero-order valence-electron chi connectivity index (χ0n) is 16.9. The van der Waals surface area contributed by atoms with Crippen LogP contribution in [0.5, 0.6) is 0 Å². The normalized spacial score (nSPS) is 11.1. The van der Waals surface area contributed by atoms with E-state index in [9.17, 15) is 0 Å². The molecule has 0 atom stereocenters. The van der Waals surface area contributed by atoms with Gasteiger partial charge in [-0.05, 0) is 79.0 Å². The van der Waals surface area contributed by atoms with Gasteiger partial charge >= 0.3 is 0 Å². The summed E-state index contributed by atoms with van der Waals surface area (Å²) < 4.78 is 11.0. The van der Waals surface area contributed by atoms with E-state index in [1.165, 1.54) is 46.2 Å². The topological polar surface area (TPSA) is 18.5 Å². The number of benzene rings is 2. The molecular formula is C24H34O2. The molecule has 2 aromatic carbocycles. The summed E-state index contributed by atoms with van der Waals surface area (Å²) in [6.07, 6.45) is 5.69. The van der Waals surface area contributed by atoms with E-state index in [1.807, 2.05) is 0 Å². The van der Waals surface area contributed by atoms with E-state index in [0.717, 1.165) is 32.5 Å². The molecule has 2 rings (SSSR count). The van der Waals surface area contributed by atoms with Gasteiger partial charge in [0.2, 0.25) is 0 Å². The molecule has 0 saturated heterocycles. The molecule has 0 radical (unpaired) electrons. The Morgan fingerprint density at radius 1 is 0.769 bits per heavy atom. The first kappa shape index (κ1) is 20.7. The fourth-order valence-electron chi connectivity index (χ4n) is 3.18. The summed E-state index contributed by atoms with van der Waals surface area (Å²) in [6, 6.07) is 13.6. The number of hydrogen-bond acceptors (Lipinski definition) is 2. The summed E-state index contributed by atoms with van der Waals surface area (Å²) in [6.45, 7) is 8.98. The average Bonchev–Trinajstić information content (AvgIpc) is 2.65. The van der Waals surface area contributed by atoms with Crippen LogP contribution in [-0.2, 0) is 22.5 Å². The quantitative estimate of drug-likeness (QED) is 0.444. The van der Waals surface area contributed by atoms with Crippen molar-refractivity contribution in [3.63, 3.8) is 0 Å². The van der Waals surface area contributed by atoms with Crippen molar-refractivity contribution in [1.82, 2.24) is 0 Å². The fraction of sp³-hybridized carbons (Fsp3) is 0.500. The molecule has 0 amide bonds. The maximum absolute atomic E-state index is 5.81. The van der Waals surface area contributed by atoms with Crippen molar-refractivity contribution in [2.75, 3.05) is 20.3 Å². The van der Waals surface area contributed by atoms with Crippen LogP contribution in [0.4, 0.5) is 0 Å². The standard InChI is InChI=1S/C24H34O2/c1-5-6-15-26-18-22-13-11-20(3)24(17-22)23-16-21(12-10-19(23)2)9-7-8-14-25-4/h10-13,16-17H,5-9,14-15,18H2,1-4H3. The lowest BCUT2D eigenvalue weighted by Gasteiger charge is -2.14. The largest absolute Gasteiger partial charge is 0.385 e. The fourth-order valence-corrected chi connectivity index (χ4v) is 3.18. The molecule has 142 valence electrons. The zero-order valence-corrected chi connectivity index (χ0v) is 16.9. The highest BCUT2D eigenvalue weighted by molar-refractivity contribution is 5.71. The van der Waals surface area contributed by atoms with Crippen molar-refractivity contribution in [2.24, 2.45) is 0 Å². The lowest BCUT2D eigenvalue weighted by molar-refractivity contribution is 0.118. The Labute approximate surface area is 159 Å². The number of rotatable bonds is 11. The van der Waals surface area contributed by atoms with Gasteiger partial charge in [-0.25, -0.2) is 0 Å². The first-order chi connectivity index (χ1) is 12.7. The lowest BCUT2D eigenvalue weighted by Crippen LogP contribution is -1.97. The average molecular weight is 355 g/mol. The van der Waals surface area contributed by atoms with Crippen molar-refractivity contribution >= 4 is 0 Å². The molecule has 0 bridgehead atoms. The second kappa shape index (κ2) is 11.2. The minimum Gasteiger partial charge on any atom is -0.385 e. The van der Waals surface area contributed by atoms with E-state index in [4.69, 9.17) is 9.47 Å². The van der Waals surface area contributed by atoms with Crippen molar-refractivity contribution in [3.05, 3.63) is 58.7 Å². The van der Waals surface area contributed by atoms with Gasteiger partial charge in [0.05, 0.1) is 6.61 Å². The Bertz CT molecular complexity index is 616. The van der Waals surface area contributed by atoms with Gasteiger partial charge in [-0.2, -0.15) is 0 Å². The predicted molar refractivity (Wildman–Crippen MR) is 111 cm³/mol. The van der Waals surface area contributed by atoms with Crippen LogP contribution >= 0.6 is 0 Å². The number of methoxy groups -OCH3 is 1. The molecule has 0 aromatic heterocycles. The van der Waals surface area contributed by atoms with Crippen LogP contribution in [0.1, 0.15) is 54.9 Å². The smallest absolute Gasteiger partial charge is 0.0717 e. The Hall–Kier alpha value is -1.64. The molecule has 0 saturated carbocycles. The molecule has 26 heavy (non-hydrogen) atoms. The molecule has 0 N–H and O–H groups in total. The maximum Gasteiger partial charge on any atom is 0.0717 e. The molecule has 0 unspecified atom stereocenters. The van der Waals surface area contributed by atoms with Gasteiger partial charge in [0.25, 0.3) is 0 Å². The number of ether oxygens (including phenoxy) is 2. The summed E-state index contributed by atoms with van der Waals surface area (Å²) in [5.74, 6) is 0. The molecule has 0 aliphatic rings. The summed E-state index contributed by atoms with van der Waals surface area (Å²) >= 11 is 0. The minimum atomic E-state index is 0.697. The third-order valence-electron chi connectivity index (χ3n) is 4.87. The van der Waals surface area contributed by atoms with E-state index in [0.29, 0.717) is 6.61 Å². The van der Waals surface area contributed by atoms with E-state index >= 15 is 0 Å². The molecular weight excluding hydrogens is 320 g/mol. The molecule has 0 aliphatic heterocycles. The Morgan fingerprint density at radius 2 is 1.42 bits per heavy atom. The van der Waals surface area contributed by atoms with Gasteiger partial charge in [0, 0.05) is 20.3 Å². The third-order valence-corrected chi connectivity index (χ3v) is 4.87. The Kier molecular flexibility index (Phi) is 8.87. The van der Waals surface area contributed by atoms with Crippen LogP contribution in [-0.4, -0.2) is 20.3 Å². The van der Waals surface area contributed by atoms with Gasteiger partial charge in [0.15, 0.2) is 0 Å². The van der Waals surface area contributed by atoms with Crippen molar-refractivity contribution in [2.45, 2.75) is 59.5 Å². The highest BCUT2D eigenvalue weighted by Crippen LogP contribution is 2.29. The maximum atomic E-state index is 5.81. The SMILES string of the molecule is CCCCOCc1ccc(C)c(-c2cc(CCCCOC)ccc2C)c1. The first-order valence-corrected chi connectivity index (χ1v) is 9.91. The zero-order chi connectivity index (χ0) is 18.8. The Morgan fingerprint density at radius 3 is 2.08 bits per heavy atom. The molecule has 0 heterocycles. The third kappa shape index (κ3) is 6.26. The van der Waals surface area contributed by atoms with Crippen LogP contribution in [0.2, 0.25) is 0 Å². The summed E-state index contributed by atoms with van der Waals surface area (Å²) in [5.41, 5.74) is 8.00. The number of aryl methyl sites for hydroxylation is 3. The lowest BCUT2D eigenvalue weighted by atomic mass is 9.92. The molecule has 2 heteroatoms. The van der Waals surface area contributed by atoms with Crippen molar-refractivity contribution < 1.29 is 9.47 Å². The second-order valence-corrected chi connectivity index (χ2v) is 7.15. The van der Waals surface area contributed by atoms with Crippen LogP contribution in [0.15, 0.2) is 36.4 Å². The molecule has 0 spiro atoms. The molecule has 2 nitrogen and oxygen atoms in total. The summed E-state index contributed by atoms with van der Waals surface area (Å²) in [5, 5.41) is 0. The van der Waals surface area contributed by atoms with Crippen LogP contribution in [0, 0.1) is 13.8 Å². The van der Waals surface area contributed by atoms with E-state index < -0.39 is 0 Å². The van der Waals surface area contributed by atoms with Crippen LogP contribution in [0.3, 0.4) is 0 Å². The van der Waals surface area contributed by atoms with Gasteiger partial charge < -0.3 is 9.47 Å². The summed E-state index contributed by atoms with van der Waals surface area (Å²) in [4.78, 5) is 0. The van der Waals surface area contributed by atoms with Gasteiger partial charge in [-0.1, -0.05) is 43.7 Å². The van der Waals surface area contributed by atoms with Crippen LogP contribution in [0.25, 0.3) is 11.1 Å². The molecule has 0 fully saturated rings. The second-order valence-electron chi connectivity index (χ2n) is 7.15. The minimum absolute atomic E-state index is 0.697. The van der Waals surface area contributed by atoms with E-state index in [-0.39, 0.29) is 0 Å². The van der Waals surface area contributed by atoms with E-state index in [1.54, 1.807) is 7.11 Å². The first-order valence-electron chi connectivity index (χ1n) is 9.91. The highest BCUT2D eigenvalue weighted by atomic mass is 16.5. The Balaban J connectivity index is 2.15. The number of hydrogen-bond donors (Lipinski definition) is 0. The monoisotopic (exact) mass is 354 g/mol. The van der Waals surface area contributed by atoms with Crippen LogP contribution < -0.4 is 0 Å². The van der Waals surface area contributed by atoms with Crippen molar-refractivity contribution in [3.8, 4) is 11.1 Å². The van der Waals surface area contributed by atoms with E-state index in [2.05, 4.69) is 57.2 Å². The predicted octanol–water partition coefficient (Wildman–Crippen LogP) is 6.26. The van der Waals surface area contributed by atoms with Gasteiger partial charge in [-0.3, -0.25) is 0 Å². The van der Waals surface area contributed by atoms with Gasteiger partial charge in [0.1, 0.15) is 0 Å².